The average molecular weight is 500 g/mol. The van der Waals surface area contributed by atoms with Crippen LogP contribution in [0.3, 0.4) is 0 Å². The van der Waals surface area contributed by atoms with E-state index in [0.29, 0.717) is 24.1 Å². The van der Waals surface area contributed by atoms with Gasteiger partial charge in [-0.15, -0.1) is 0 Å². The molecule has 0 saturated carbocycles. The van der Waals surface area contributed by atoms with Gasteiger partial charge in [0.2, 0.25) is 5.91 Å². The zero-order chi connectivity index (χ0) is 25.2. The summed E-state index contributed by atoms with van der Waals surface area (Å²) in [6.07, 6.45) is 3.53. The highest BCUT2D eigenvalue weighted by atomic mass is 32.2. The lowest BCUT2D eigenvalue weighted by molar-refractivity contribution is -0.119. The highest BCUT2D eigenvalue weighted by Gasteiger charge is 2.27. The Balaban J connectivity index is 1.61. The van der Waals surface area contributed by atoms with E-state index in [4.69, 9.17) is 14.0 Å². The Morgan fingerprint density at radius 1 is 1.14 bits per heavy atom. The number of anilines is 1. The molecular formula is C23H25N5O6S. The number of nitrogens with zero attached hydrogens (tertiary/aromatic N) is 3. The molecular weight excluding hydrogens is 474 g/mol. The standard InChI is InChI=1S/C23H25N5O6S/c1-14-8-16(12-28-13-17(11-25-28)10-24-15(2)29)9-20-21(14)23(26-34-20)27-35(30,31)22-18(32-3)6-5-7-19(22)33-4/h5-9,11,13H,10,12H2,1-4H3,(H,24,29)(H,26,27). The second-order valence-electron chi connectivity index (χ2n) is 7.87. The van der Waals surface area contributed by atoms with Crippen molar-refractivity contribution in [3.8, 4) is 11.5 Å². The Kier molecular flexibility index (Phi) is 6.65. The lowest BCUT2D eigenvalue weighted by Gasteiger charge is -2.14. The van der Waals surface area contributed by atoms with Crippen molar-refractivity contribution >= 4 is 32.7 Å². The Morgan fingerprint density at radius 2 is 1.86 bits per heavy atom. The van der Waals surface area contributed by atoms with Crippen molar-refractivity contribution in [2.45, 2.75) is 31.8 Å². The molecule has 2 N–H and O–H groups in total. The first-order valence-electron chi connectivity index (χ1n) is 10.6. The maximum Gasteiger partial charge on any atom is 0.270 e. The molecule has 0 radical (unpaired) electrons. The van der Waals surface area contributed by atoms with Crippen molar-refractivity contribution in [2.24, 2.45) is 0 Å². The maximum absolute atomic E-state index is 13.2. The molecule has 0 spiro atoms. The van der Waals surface area contributed by atoms with Crippen LogP contribution in [0.15, 0.2) is 52.1 Å². The van der Waals surface area contributed by atoms with Gasteiger partial charge in [-0.05, 0) is 36.2 Å². The summed E-state index contributed by atoms with van der Waals surface area (Å²) < 4.78 is 46.6. The molecule has 35 heavy (non-hydrogen) atoms. The molecule has 0 atom stereocenters. The largest absolute Gasteiger partial charge is 0.495 e. The van der Waals surface area contributed by atoms with Gasteiger partial charge in [-0.1, -0.05) is 17.3 Å². The summed E-state index contributed by atoms with van der Waals surface area (Å²) in [6.45, 7) is 4.16. The Bertz CT molecular complexity index is 1470. The summed E-state index contributed by atoms with van der Waals surface area (Å²) in [6, 6.07) is 8.40. The summed E-state index contributed by atoms with van der Waals surface area (Å²) >= 11 is 0. The van der Waals surface area contributed by atoms with Gasteiger partial charge in [0.05, 0.1) is 32.3 Å². The first kappa shape index (κ1) is 24.1. The van der Waals surface area contributed by atoms with Crippen molar-refractivity contribution in [3.63, 3.8) is 0 Å². The third-order valence-corrected chi connectivity index (χ3v) is 6.69. The number of aryl methyl sites for hydroxylation is 1. The van der Waals surface area contributed by atoms with Gasteiger partial charge in [0.15, 0.2) is 16.3 Å². The molecule has 0 aliphatic carbocycles. The monoisotopic (exact) mass is 499 g/mol. The molecule has 11 nitrogen and oxygen atoms in total. The summed E-state index contributed by atoms with van der Waals surface area (Å²) in [5.74, 6) is 0.231. The lowest BCUT2D eigenvalue weighted by Crippen LogP contribution is -2.18. The molecule has 4 rings (SSSR count). The molecule has 0 aliphatic heterocycles. The van der Waals surface area contributed by atoms with Crippen LogP contribution < -0.4 is 19.5 Å². The van der Waals surface area contributed by atoms with Gasteiger partial charge in [0, 0.05) is 25.2 Å². The minimum atomic E-state index is -4.11. The van der Waals surface area contributed by atoms with Crippen LogP contribution in [0.1, 0.15) is 23.6 Å². The zero-order valence-electron chi connectivity index (χ0n) is 19.7. The number of hydrogen-bond donors (Lipinski definition) is 2. The number of benzene rings is 2. The summed E-state index contributed by atoms with van der Waals surface area (Å²) in [5, 5.41) is 11.6. The van der Waals surface area contributed by atoms with E-state index in [1.54, 1.807) is 23.0 Å². The first-order valence-corrected chi connectivity index (χ1v) is 12.1. The van der Waals surface area contributed by atoms with Crippen molar-refractivity contribution < 1.29 is 27.2 Å². The molecule has 12 heteroatoms. The van der Waals surface area contributed by atoms with Gasteiger partial charge in [0.1, 0.15) is 11.5 Å². The van der Waals surface area contributed by atoms with E-state index in [1.165, 1.54) is 33.3 Å². The molecule has 1 amide bonds. The predicted octanol–water partition coefficient (Wildman–Crippen LogP) is 2.84. The second-order valence-corrected chi connectivity index (χ2v) is 9.49. The van der Waals surface area contributed by atoms with Gasteiger partial charge in [0.25, 0.3) is 10.0 Å². The van der Waals surface area contributed by atoms with Gasteiger partial charge in [-0.3, -0.25) is 14.2 Å². The number of carbonyl (C=O) groups is 1. The number of ether oxygens (including phenoxy) is 2. The number of hydrogen-bond acceptors (Lipinski definition) is 8. The third kappa shape index (κ3) is 5.06. The van der Waals surface area contributed by atoms with Gasteiger partial charge < -0.3 is 19.3 Å². The van der Waals surface area contributed by atoms with E-state index < -0.39 is 10.0 Å². The molecule has 0 unspecified atom stereocenters. The van der Waals surface area contributed by atoms with Gasteiger partial charge in [-0.25, -0.2) is 8.42 Å². The number of nitrogens with one attached hydrogen (secondary N) is 2. The Hall–Kier alpha value is -4.06. The summed E-state index contributed by atoms with van der Waals surface area (Å²) in [5.41, 5.74) is 2.96. The van der Waals surface area contributed by atoms with E-state index in [1.807, 2.05) is 19.2 Å². The number of carbonyl (C=O) groups excluding carboxylic acids is 1. The van der Waals surface area contributed by atoms with E-state index in [9.17, 15) is 13.2 Å². The number of rotatable bonds is 9. The smallest absolute Gasteiger partial charge is 0.270 e. The van der Waals surface area contributed by atoms with Crippen LogP contribution in [0.4, 0.5) is 5.82 Å². The van der Waals surface area contributed by atoms with E-state index in [-0.39, 0.29) is 28.1 Å². The fourth-order valence-electron chi connectivity index (χ4n) is 3.76. The van der Waals surface area contributed by atoms with Crippen molar-refractivity contribution in [3.05, 3.63) is 59.4 Å². The van der Waals surface area contributed by atoms with Gasteiger partial charge in [-0.2, -0.15) is 5.10 Å². The van der Waals surface area contributed by atoms with Crippen molar-refractivity contribution in [1.29, 1.82) is 0 Å². The summed E-state index contributed by atoms with van der Waals surface area (Å²) in [4.78, 5) is 11.0. The van der Waals surface area contributed by atoms with E-state index >= 15 is 0 Å². The molecule has 184 valence electrons. The Morgan fingerprint density at radius 3 is 2.51 bits per heavy atom. The number of methoxy groups -OCH3 is 2. The topological polar surface area (TPSA) is 138 Å². The second kappa shape index (κ2) is 9.66. The number of fused-ring (bicyclic) bond motifs is 1. The molecule has 0 aliphatic rings. The van der Waals surface area contributed by atoms with Crippen molar-refractivity contribution in [2.75, 3.05) is 18.9 Å². The molecule has 4 aromatic rings. The SMILES string of the molecule is COc1cccc(OC)c1S(=O)(=O)Nc1noc2cc(Cn3cc(CNC(C)=O)cn3)cc(C)c12. The average Bonchev–Trinajstić information content (AvgIpc) is 3.43. The number of amides is 1. The minimum Gasteiger partial charge on any atom is -0.495 e. The van der Waals surface area contributed by atoms with Crippen LogP contribution in [0, 0.1) is 6.92 Å². The highest BCUT2D eigenvalue weighted by molar-refractivity contribution is 7.93. The van der Waals surface area contributed by atoms with Crippen LogP contribution in [0.25, 0.3) is 11.0 Å². The fraction of sp³-hybridized carbons (Fsp3) is 0.261. The quantitative estimate of drug-likeness (QED) is 0.359. The molecule has 2 aromatic carbocycles. The van der Waals surface area contributed by atoms with Gasteiger partial charge >= 0.3 is 0 Å². The minimum absolute atomic E-state index is 0.0636. The van der Waals surface area contributed by atoms with Crippen LogP contribution in [-0.2, 0) is 27.9 Å². The van der Waals surface area contributed by atoms with Crippen LogP contribution in [0.2, 0.25) is 0 Å². The molecule has 2 aromatic heterocycles. The number of aromatic nitrogens is 3. The molecule has 2 heterocycles. The predicted molar refractivity (Wildman–Crippen MR) is 128 cm³/mol. The third-order valence-electron chi connectivity index (χ3n) is 5.29. The summed E-state index contributed by atoms with van der Waals surface area (Å²) in [7, 11) is -1.35. The van der Waals surface area contributed by atoms with Crippen LogP contribution in [0.5, 0.6) is 11.5 Å². The van der Waals surface area contributed by atoms with Crippen LogP contribution >= 0.6 is 0 Å². The molecule has 0 fully saturated rings. The van der Waals surface area contributed by atoms with Crippen LogP contribution in [-0.4, -0.2) is 43.5 Å². The maximum atomic E-state index is 13.2. The fourth-order valence-corrected chi connectivity index (χ4v) is 5.09. The van der Waals surface area contributed by atoms with E-state index in [0.717, 1.165) is 16.7 Å². The highest BCUT2D eigenvalue weighted by Crippen LogP contribution is 2.36. The normalized spacial score (nSPS) is 11.4. The molecule has 0 saturated heterocycles. The van der Waals surface area contributed by atoms with E-state index in [2.05, 4.69) is 20.3 Å². The molecule has 0 bridgehead atoms. The lowest BCUT2D eigenvalue weighted by atomic mass is 10.1. The van der Waals surface area contributed by atoms with Crippen molar-refractivity contribution in [1.82, 2.24) is 20.3 Å². The number of sulfonamides is 1. The zero-order valence-corrected chi connectivity index (χ0v) is 20.5. The Labute approximate surface area is 202 Å². The first-order chi connectivity index (χ1) is 16.7.